The lowest BCUT2D eigenvalue weighted by Gasteiger charge is -2.16. The number of hydrogen-bond acceptors (Lipinski definition) is 2. The van der Waals surface area contributed by atoms with Gasteiger partial charge in [0.05, 0.1) is 11.9 Å². The SMILES string of the molecule is CN(c1ccc(-c2ccccc2)cc1)S(C)(=O)=O. The molecule has 0 N–H and O–H groups in total. The van der Waals surface area contributed by atoms with Crippen LogP contribution < -0.4 is 4.31 Å². The summed E-state index contributed by atoms with van der Waals surface area (Å²) in [5.41, 5.74) is 2.85. The minimum absolute atomic E-state index is 0.664. The summed E-state index contributed by atoms with van der Waals surface area (Å²) in [4.78, 5) is 0. The predicted molar refractivity (Wildman–Crippen MR) is 75.1 cm³/mol. The molecule has 3 nitrogen and oxygen atoms in total. The van der Waals surface area contributed by atoms with E-state index in [2.05, 4.69) is 0 Å². The molecule has 0 aliphatic rings. The normalized spacial score (nSPS) is 11.2. The van der Waals surface area contributed by atoms with Crippen LogP contribution in [-0.2, 0) is 10.0 Å². The molecular weight excluding hydrogens is 246 g/mol. The molecule has 0 aromatic heterocycles. The van der Waals surface area contributed by atoms with Crippen molar-refractivity contribution in [3.05, 3.63) is 54.6 Å². The third-order valence-electron chi connectivity index (χ3n) is 2.84. The van der Waals surface area contributed by atoms with Gasteiger partial charge in [0.15, 0.2) is 0 Å². The molecule has 94 valence electrons. The van der Waals surface area contributed by atoms with E-state index in [4.69, 9.17) is 0 Å². The van der Waals surface area contributed by atoms with Crippen LogP contribution >= 0.6 is 0 Å². The van der Waals surface area contributed by atoms with Crippen LogP contribution in [0.5, 0.6) is 0 Å². The van der Waals surface area contributed by atoms with Gasteiger partial charge in [0.2, 0.25) is 10.0 Å². The Morgan fingerprint density at radius 3 is 1.83 bits per heavy atom. The van der Waals surface area contributed by atoms with Crippen molar-refractivity contribution in [1.82, 2.24) is 0 Å². The van der Waals surface area contributed by atoms with Crippen LogP contribution in [0.25, 0.3) is 11.1 Å². The lowest BCUT2D eigenvalue weighted by molar-refractivity contribution is 0.600. The van der Waals surface area contributed by atoms with E-state index in [9.17, 15) is 8.42 Å². The number of benzene rings is 2. The summed E-state index contributed by atoms with van der Waals surface area (Å²) >= 11 is 0. The first-order chi connectivity index (χ1) is 8.48. The molecule has 2 aromatic rings. The van der Waals surface area contributed by atoms with Crippen LogP contribution in [0.1, 0.15) is 0 Å². The van der Waals surface area contributed by atoms with Crippen LogP contribution in [0.2, 0.25) is 0 Å². The van der Waals surface area contributed by atoms with Gasteiger partial charge in [0.25, 0.3) is 0 Å². The molecule has 0 heterocycles. The van der Waals surface area contributed by atoms with Crippen molar-refractivity contribution in [2.75, 3.05) is 17.6 Å². The Hall–Kier alpha value is -1.81. The molecule has 0 atom stereocenters. The second-order valence-electron chi connectivity index (χ2n) is 4.14. The molecule has 2 rings (SSSR count). The van der Waals surface area contributed by atoms with E-state index in [0.717, 1.165) is 11.1 Å². The summed E-state index contributed by atoms with van der Waals surface area (Å²) in [5, 5.41) is 0. The highest BCUT2D eigenvalue weighted by atomic mass is 32.2. The van der Waals surface area contributed by atoms with Crippen molar-refractivity contribution >= 4 is 15.7 Å². The first-order valence-corrected chi connectivity index (χ1v) is 7.43. The van der Waals surface area contributed by atoms with E-state index in [0.29, 0.717) is 5.69 Å². The lowest BCUT2D eigenvalue weighted by Crippen LogP contribution is -2.24. The van der Waals surface area contributed by atoms with E-state index in [1.165, 1.54) is 10.6 Å². The Kier molecular flexibility index (Phi) is 3.39. The van der Waals surface area contributed by atoms with Gasteiger partial charge in [0, 0.05) is 7.05 Å². The summed E-state index contributed by atoms with van der Waals surface area (Å²) in [6, 6.07) is 17.4. The minimum Gasteiger partial charge on any atom is -0.274 e. The minimum atomic E-state index is -3.20. The van der Waals surface area contributed by atoms with Crippen molar-refractivity contribution in [2.45, 2.75) is 0 Å². The zero-order valence-corrected chi connectivity index (χ0v) is 11.2. The van der Waals surface area contributed by atoms with Gasteiger partial charge in [-0.05, 0) is 23.3 Å². The molecule has 0 radical (unpaired) electrons. The van der Waals surface area contributed by atoms with Crippen molar-refractivity contribution in [3.63, 3.8) is 0 Å². The maximum Gasteiger partial charge on any atom is 0.231 e. The third kappa shape index (κ3) is 2.71. The van der Waals surface area contributed by atoms with E-state index < -0.39 is 10.0 Å². The summed E-state index contributed by atoms with van der Waals surface area (Å²) < 4.78 is 24.1. The van der Waals surface area contributed by atoms with Crippen LogP contribution in [0, 0.1) is 0 Å². The molecule has 0 saturated heterocycles. The van der Waals surface area contributed by atoms with Crippen molar-refractivity contribution < 1.29 is 8.42 Å². The van der Waals surface area contributed by atoms with Crippen LogP contribution in [-0.4, -0.2) is 21.7 Å². The largest absolute Gasteiger partial charge is 0.274 e. The number of nitrogens with zero attached hydrogens (tertiary/aromatic N) is 1. The van der Waals surface area contributed by atoms with Crippen LogP contribution in [0.4, 0.5) is 5.69 Å². The number of hydrogen-bond donors (Lipinski definition) is 0. The fourth-order valence-electron chi connectivity index (χ4n) is 1.69. The van der Waals surface area contributed by atoms with E-state index in [1.807, 2.05) is 54.6 Å². The molecule has 0 spiro atoms. The summed E-state index contributed by atoms with van der Waals surface area (Å²) in [5.74, 6) is 0. The van der Waals surface area contributed by atoms with E-state index >= 15 is 0 Å². The van der Waals surface area contributed by atoms with E-state index in [-0.39, 0.29) is 0 Å². The second-order valence-corrected chi connectivity index (χ2v) is 6.16. The Morgan fingerprint density at radius 2 is 1.33 bits per heavy atom. The molecule has 0 unspecified atom stereocenters. The van der Waals surface area contributed by atoms with Gasteiger partial charge in [0.1, 0.15) is 0 Å². The molecule has 0 fully saturated rings. The van der Waals surface area contributed by atoms with Gasteiger partial charge < -0.3 is 0 Å². The maximum atomic E-state index is 11.4. The summed E-state index contributed by atoms with van der Waals surface area (Å²) in [6.07, 6.45) is 1.19. The van der Waals surface area contributed by atoms with Gasteiger partial charge in [-0.1, -0.05) is 42.5 Å². The number of anilines is 1. The molecule has 0 aliphatic carbocycles. The fraction of sp³-hybridized carbons (Fsp3) is 0.143. The standard InChI is InChI=1S/C14H15NO2S/c1-15(18(2,16)17)14-10-8-13(9-11-14)12-6-4-3-5-7-12/h3-11H,1-2H3. The molecule has 4 heteroatoms. The topological polar surface area (TPSA) is 37.4 Å². The van der Waals surface area contributed by atoms with E-state index in [1.54, 1.807) is 7.05 Å². The molecule has 0 bridgehead atoms. The Labute approximate surface area is 108 Å². The molecule has 18 heavy (non-hydrogen) atoms. The lowest BCUT2D eigenvalue weighted by atomic mass is 10.1. The van der Waals surface area contributed by atoms with Crippen molar-refractivity contribution in [1.29, 1.82) is 0 Å². The quantitative estimate of drug-likeness (QED) is 0.852. The highest BCUT2D eigenvalue weighted by Gasteiger charge is 2.11. The second kappa shape index (κ2) is 4.82. The zero-order valence-electron chi connectivity index (χ0n) is 10.4. The average molecular weight is 261 g/mol. The third-order valence-corrected chi connectivity index (χ3v) is 4.04. The summed E-state index contributed by atoms with van der Waals surface area (Å²) in [7, 11) is -1.65. The van der Waals surface area contributed by atoms with Gasteiger partial charge >= 0.3 is 0 Å². The highest BCUT2D eigenvalue weighted by Crippen LogP contribution is 2.23. The highest BCUT2D eigenvalue weighted by molar-refractivity contribution is 7.92. The fourth-order valence-corrected chi connectivity index (χ4v) is 2.19. The zero-order chi connectivity index (χ0) is 13.2. The van der Waals surface area contributed by atoms with Gasteiger partial charge in [-0.15, -0.1) is 0 Å². The van der Waals surface area contributed by atoms with Crippen LogP contribution in [0.15, 0.2) is 54.6 Å². The first-order valence-electron chi connectivity index (χ1n) is 5.58. The van der Waals surface area contributed by atoms with Crippen molar-refractivity contribution in [2.24, 2.45) is 0 Å². The number of rotatable bonds is 3. The molecule has 2 aromatic carbocycles. The predicted octanol–water partition coefficient (Wildman–Crippen LogP) is 2.75. The number of sulfonamides is 1. The molecule has 0 aliphatic heterocycles. The summed E-state index contributed by atoms with van der Waals surface area (Å²) in [6.45, 7) is 0. The molecule has 0 amide bonds. The monoisotopic (exact) mass is 261 g/mol. The average Bonchev–Trinajstić information content (AvgIpc) is 2.38. The van der Waals surface area contributed by atoms with Gasteiger partial charge in [-0.2, -0.15) is 0 Å². The molecular formula is C14H15NO2S. The Balaban J connectivity index is 2.32. The Bertz CT molecular complexity index is 619. The van der Waals surface area contributed by atoms with Crippen LogP contribution in [0.3, 0.4) is 0 Å². The maximum absolute atomic E-state index is 11.4. The first kappa shape index (κ1) is 12.6. The molecule has 0 saturated carbocycles. The van der Waals surface area contributed by atoms with Crippen molar-refractivity contribution in [3.8, 4) is 11.1 Å². The smallest absolute Gasteiger partial charge is 0.231 e. The van der Waals surface area contributed by atoms with Gasteiger partial charge in [-0.3, -0.25) is 4.31 Å². The Morgan fingerprint density at radius 1 is 0.833 bits per heavy atom. The van der Waals surface area contributed by atoms with Gasteiger partial charge in [-0.25, -0.2) is 8.42 Å².